The van der Waals surface area contributed by atoms with Crippen LogP contribution in [0.1, 0.15) is 16.1 Å². The molecule has 0 radical (unpaired) electrons. The van der Waals surface area contributed by atoms with E-state index in [-0.39, 0.29) is 34.4 Å². The number of carbonyl (C=O) groups is 1. The number of ether oxygens (including phenoxy) is 3. The summed E-state index contributed by atoms with van der Waals surface area (Å²) in [6.45, 7) is 1.69. The number of hydrogen-bond acceptors (Lipinski definition) is 9. The first-order chi connectivity index (χ1) is 18.8. The van der Waals surface area contributed by atoms with Crippen LogP contribution in [0.4, 0.5) is 10.1 Å². The molecule has 10 nitrogen and oxygen atoms in total. The predicted octanol–water partition coefficient (Wildman–Crippen LogP) is 6.10. The van der Waals surface area contributed by atoms with Crippen LogP contribution in [0.5, 0.6) is 28.9 Å². The van der Waals surface area contributed by atoms with Gasteiger partial charge >= 0.3 is 0 Å². The van der Waals surface area contributed by atoms with E-state index < -0.39 is 11.7 Å². The lowest BCUT2D eigenvalue weighted by atomic mass is 10.1. The maximum absolute atomic E-state index is 15.0. The third-order valence-corrected chi connectivity index (χ3v) is 6.32. The van der Waals surface area contributed by atoms with Gasteiger partial charge in [0, 0.05) is 36.3 Å². The smallest absolute Gasteiger partial charge is 0.261 e. The lowest BCUT2D eigenvalue weighted by Gasteiger charge is -2.13. The summed E-state index contributed by atoms with van der Waals surface area (Å²) in [6, 6.07) is 10.5. The van der Waals surface area contributed by atoms with E-state index in [1.807, 2.05) is 22.6 Å². The lowest BCUT2D eigenvalue weighted by molar-refractivity contribution is 0.102. The second-order valence-corrected chi connectivity index (χ2v) is 9.23. The van der Waals surface area contributed by atoms with E-state index in [4.69, 9.17) is 18.6 Å². The minimum Gasteiger partial charge on any atom is -0.506 e. The van der Waals surface area contributed by atoms with Gasteiger partial charge in [-0.3, -0.25) is 14.8 Å². The number of amides is 1. The van der Waals surface area contributed by atoms with Gasteiger partial charge in [-0.25, -0.2) is 9.37 Å². The quantitative estimate of drug-likeness (QED) is 0.202. The third-order valence-electron chi connectivity index (χ3n) is 5.74. The number of methoxy groups -OCH3 is 2. The van der Waals surface area contributed by atoms with Crippen molar-refractivity contribution in [1.82, 2.24) is 15.0 Å². The van der Waals surface area contributed by atoms with Crippen molar-refractivity contribution in [2.24, 2.45) is 0 Å². The molecule has 1 aromatic carbocycles. The Kier molecular flexibility index (Phi) is 7.19. The summed E-state index contributed by atoms with van der Waals surface area (Å²) in [5.74, 6) is -0.592. The van der Waals surface area contributed by atoms with Crippen molar-refractivity contribution in [1.29, 1.82) is 0 Å². The Morgan fingerprint density at radius 3 is 2.56 bits per heavy atom. The lowest BCUT2D eigenvalue weighted by Crippen LogP contribution is -2.13. The number of nitrogens with zero attached hydrogens (tertiary/aromatic N) is 3. The monoisotopic (exact) mass is 642 g/mol. The molecule has 0 fully saturated rings. The van der Waals surface area contributed by atoms with Gasteiger partial charge in [0.2, 0.25) is 0 Å². The summed E-state index contributed by atoms with van der Waals surface area (Å²) in [5.41, 5.74) is 1.63. The predicted molar refractivity (Wildman–Crippen MR) is 148 cm³/mol. The van der Waals surface area contributed by atoms with E-state index in [1.165, 1.54) is 38.7 Å². The molecular formula is C27H20FIN4O6. The summed E-state index contributed by atoms with van der Waals surface area (Å²) >= 11 is 2.00. The number of halogens is 2. The molecule has 0 saturated carbocycles. The fourth-order valence-corrected chi connectivity index (χ4v) is 4.29. The highest BCUT2D eigenvalue weighted by Crippen LogP contribution is 2.37. The molecule has 4 heterocycles. The Labute approximate surface area is 234 Å². The van der Waals surface area contributed by atoms with E-state index >= 15 is 4.39 Å². The van der Waals surface area contributed by atoms with Crippen molar-refractivity contribution in [3.63, 3.8) is 0 Å². The van der Waals surface area contributed by atoms with Crippen molar-refractivity contribution in [2.75, 3.05) is 19.5 Å². The van der Waals surface area contributed by atoms with E-state index in [9.17, 15) is 9.90 Å². The molecule has 0 saturated heterocycles. The van der Waals surface area contributed by atoms with Crippen molar-refractivity contribution in [3.8, 4) is 40.2 Å². The number of nitrogens with one attached hydrogen (secondary N) is 1. The number of pyridine rings is 3. The highest BCUT2D eigenvalue weighted by molar-refractivity contribution is 14.1. The zero-order valence-electron chi connectivity index (χ0n) is 20.8. The minimum absolute atomic E-state index is 0.0959. The van der Waals surface area contributed by atoms with Crippen LogP contribution >= 0.6 is 22.6 Å². The second kappa shape index (κ2) is 10.7. The van der Waals surface area contributed by atoms with Crippen molar-refractivity contribution >= 4 is 45.2 Å². The highest BCUT2D eigenvalue weighted by atomic mass is 127. The number of anilines is 1. The van der Waals surface area contributed by atoms with E-state index in [0.29, 0.717) is 37.6 Å². The number of carbonyl (C=O) groups excluding carboxylic acids is 1. The molecule has 4 aromatic heterocycles. The van der Waals surface area contributed by atoms with E-state index in [1.54, 1.807) is 31.2 Å². The van der Waals surface area contributed by atoms with E-state index in [2.05, 4.69) is 20.3 Å². The third kappa shape index (κ3) is 5.14. The van der Waals surface area contributed by atoms with Crippen LogP contribution in [0.2, 0.25) is 0 Å². The standard InChI is InChI=1S/C27H20FIN4O6/c1-13-23(19-6-7-22(29)39-19)25(34)15(12-31-13)26(35)32-14-4-5-18(16(28)10-14)38-20-8-9-30-17-11-21(36-2)27(37-3)33-24(17)20/h4-12H,1-3H3,(H,31,34)(H,32,35). The Hall–Kier alpha value is -4.46. The molecule has 0 aliphatic rings. The van der Waals surface area contributed by atoms with E-state index in [0.717, 1.165) is 6.07 Å². The molecule has 0 aliphatic heterocycles. The van der Waals surface area contributed by atoms with Crippen molar-refractivity contribution in [3.05, 3.63) is 75.7 Å². The van der Waals surface area contributed by atoms with Crippen LogP contribution < -0.4 is 19.5 Å². The number of fused-ring (bicyclic) bond motifs is 1. The first kappa shape index (κ1) is 26.2. The molecule has 0 bridgehead atoms. The number of benzene rings is 1. The van der Waals surface area contributed by atoms with Gasteiger partial charge in [-0.2, -0.15) is 0 Å². The molecule has 2 N–H and O–H groups in total. The number of aromatic nitrogens is 3. The Morgan fingerprint density at radius 2 is 1.87 bits per heavy atom. The number of furan rings is 1. The molecule has 198 valence electrons. The highest BCUT2D eigenvalue weighted by Gasteiger charge is 2.21. The Morgan fingerprint density at radius 1 is 1.05 bits per heavy atom. The van der Waals surface area contributed by atoms with Crippen LogP contribution in [-0.2, 0) is 0 Å². The van der Waals surface area contributed by atoms with Gasteiger partial charge in [0.15, 0.2) is 26.8 Å². The van der Waals surface area contributed by atoms with Gasteiger partial charge in [-0.05, 0) is 53.8 Å². The largest absolute Gasteiger partial charge is 0.506 e. The zero-order chi connectivity index (χ0) is 27.7. The maximum Gasteiger partial charge on any atom is 0.261 e. The second-order valence-electron chi connectivity index (χ2n) is 8.16. The summed E-state index contributed by atoms with van der Waals surface area (Å²) in [7, 11) is 2.93. The molecule has 1 amide bonds. The average Bonchev–Trinajstić information content (AvgIpc) is 3.35. The summed E-state index contributed by atoms with van der Waals surface area (Å²) in [6.07, 6.45) is 2.74. The van der Waals surface area contributed by atoms with Crippen LogP contribution in [0.15, 0.2) is 59.3 Å². The van der Waals surface area contributed by atoms with Gasteiger partial charge < -0.3 is 29.1 Å². The van der Waals surface area contributed by atoms with Crippen LogP contribution in [0, 0.1) is 16.5 Å². The maximum atomic E-state index is 15.0. The molecule has 0 atom stereocenters. The first-order valence-corrected chi connectivity index (χ1v) is 12.5. The molecule has 0 aliphatic carbocycles. The summed E-state index contributed by atoms with van der Waals surface area (Å²) in [5, 5.41) is 13.4. The molecule has 5 rings (SSSR count). The molecule has 0 spiro atoms. The van der Waals surface area contributed by atoms with Gasteiger partial charge in [-0.15, -0.1) is 0 Å². The van der Waals surface area contributed by atoms with Crippen molar-refractivity contribution < 1.29 is 32.9 Å². The minimum atomic E-state index is -0.740. The fraction of sp³-hybridized carbons (Fsp3) is 0.111. The van der Waals surface area contributed by atoms with Gasteiger partial charge in [0.1, 0.15) is 22.6 Å². The van der Waals surface area contributed by atoms with Gasteiger partial charge in [0.25, 0.3) is 11.8 Å². The van der Waals surface area contributed by atoms with Crippen LogP contribution in [0.25, 0.3) is 22.4 Å². The summed E-state index contributed by atoms with van der Waals surface area (Å²) < 4.78 is 37.5. The Bertz CT molecular complexity index is 1720. The molecule has 5 aromatic rings. The molecule has 39 heavy (non-hydrogen) atoms. The van der Waals surface area contributed by atoms with Crippen LogP contribution in [0.3, 0.4) is 0 Å². The topological polar surface area (TPSA) is 129 Å². The average molecular weight is 642 g/mol. The van der Waals surface area contributed by atoms with Crippen LogP contribution in [-0.4, -0.2) is 40.2 Å². The molecular weight excluding hydrogens is 622 g/mol. The number of hydrogen-bond donors (Lipinski definition) is 2. The number of aromatic hydroxyl groups is 1. The van der Waals surface area contributed by atoms with Crippen molar-refractivity contribution in [2.45, 2.75) is 6.92 Å². The Balaban J connectivity index is 1.39. The number of aryl methyl sites for hydroxylation is 1. The normalized spacial score (nSPS) is 10.9. The zero-order valence-corrected chi connectivity index (χ0v) is 22.9. The van der Waals surface area contributed by atoms with Gasteiger partial charge in [0.05, 0.1) is 31.0 Å². The molecule has 0 unspecified atom stereocenters. The summed E-state index contributed by atoms with van der Waals surface area (Å²) in [4.78, 5) is 25.8. The molecule has 12 heteroatoms. The SMILES string of the molecule is COc1cc2nccc(Oc3ccc(NC(=O)c4cnc(C)c(-c5ccc(I)o5)c4O)cc3F)c2nc1OC. The number of rotatable bonds is 7. The fourth-order valence-electron chi connectivity index (χ4n) is 3.87. The van der Waals surface area contributed by atoms with Gasteiger partial charge in [-0.1, -0.05) is 0 Å². The first-order valence-electron chi connectivity index (χ1n) is 11.4.